The largest absolute Gasteiger partial charge is 0.452 e. The van der Waals surface area contributed by atoms with Gasteiger partial charge in [0.1, 0.15) is 5.84 Å². The van der Waals surface area contributed by atoms with Crippen LogP contribution in [0.15, 0.2) is 34.2 Å². The number of hydrogen-bond donors (Lipinski definition) is 2. The quantitative estimate of drug-likeness (QED) is 0.474. The van der Waals surface area contributed by atoms with Gasteiger partial charge in [-0.15, -0.1) is 0 Å². The third kappa shape index (κ3) is 5.02. The number of carbonyl (C=O) groups is 2. The zero-order chi connectivity index (χ0) is 19.2. The number of nitrogens with one attached hydrogen (secondary N) is 2. The van der Waals surface area contributed by atoms with Gasteiger partial charge in [0.25, 0.3) is 15.9 Å². The molecule has 26 heavy (non-hydrogen) atoms. The van der Waals surface area contributed by atoms with E-state index in [0.717, 1.165) is 0 Å². The Morgan fingerprint density at radius 2 is 2.04 bits per heavy atom. The summed E-state index contributed by atoms with van der Waals surface area (Å²) in [5.41, 5.74) is 0.465. The highest BCUT2D eigenvalue weighted by Gasteiger charge is 2.30. The molecular weight excluding hydrogens is 362 g/mol. The lowest BCUT2D eigenvalue weighted by Gasteiger charge is -2.12. The lowest BCUT2D eigenvalue weighted by atomic mass is 10.2. The van der Waals surface area contributed by atoms with Crippen molar-refractivity contribution in [1.29, 1.82) is 0 Å². The average molecular weight is 383 g/mol. The zero-order valence-electron chi connectivity index (χ0n) is 14.5. The van der Waals surface area contributed by atoms with Crippen LogP contribution in [0.5, 0.6) is 0 Å². The van der Waals surface area contributed by atoms with Gasteiger partial charge >= 0.3 is 5.97 Å². The van der Waals surface area contributed by atoms with Crippen LogP contribution in [-0.2, 0) is 29.1 Å². The fraction of sp³-hybridized carbons (Fsp3) is 0.438. The first-order valence-electron chi connectivity index (χ1n) is 7.98. The molecule has 0 radical (unpaired) electrons. The molecule has 1 amide bonds. The van der Waals surface area contributed by atoms with E-state index in [1.54, 1.807) is 18.2 Å². The topological polar surface area (TPSA) is 123 Å². The zero-order valence-corrected chi connectivity index (χ0v) is 15.3. The molecule has 0 fully saturated rings. The molecule has 0 spiro atoms. The number of carbonyl (C=O) groups excluding carboxylic acids is 2. The van der Waals surface area contributed by atoms with Gasteiger partial charge in [0.15, 0.2) is 6.10 Å². The SMILES string of the molecule is COCCNC(=O)[C@H](C)OC(=O)CCN=C1NS(=O)(=O)c2ccccc21. The molecule has 1 atom stereocenters. The molecule has 1 aromatic rings. The molecule has 0 unspecified atom stereocenters. The van der Waals surface area contributed by atoms with Crippen LogP contribution in [0.2, 0.25) is 0 Å². The summed E-state index contributed by atoms with van der Waals surface area (Å²) in [6.07, 6.45) is -1.01. The molecule has 1 aliphatic heterocycles. The number of rotatable bonds is 8. The Balaban J connectivity index is 1.85. The van der Waals surface area contributed by atoms with Crippen molar-refractivity contribution in [2.45, 2.75) is 24.3 Å². The maximum Gasteiger partial charge on any atom is 0.308 e. The number of amidine groups is 1. The van der Waals surface area contributed by atoms with Gasteiger partial charge in [-0.1, -0.05) is 12.1 Å². The molecule has 0 aliphatic carbocycles. The van der Waals surface area contributed by atoms with Gasteiger partial charge in [0.05, 0.1) is 24.5 Å². The Bertz CT molecular complexity index is 806. The molecular formula is C16H21N3O6S. The molecule has 142 valence electrons. The molecule has 2 rings (SSSR count). The number of nitrogens with zero attached hydrogens (tertiary/aromatic N) is 1. The number of aliphatic imine (C=N–C) groups is 1. The minimum Gasteiger partial charge on any atom is -0.452 e. The summed E-state index contributed by atoms with van der Waals surface area (Å²) in [6, 6.07) is 6.45. The van der Waals surface area contributed by atoms with Crippen molar-refractivity contribution in [3.05, 3.63) is 29.8 Å². The molecule has 2 N–H and O–H groups in total. The number of methoxy groups -OCH3 is 1. The van der Waals surface area contributed by atoms with E-state index in [-0.39, 0.29) is 23.7 Å². The van der Waals surface area contributed by atoms with E-state index in [9.17, 15) is 18.0 Å². The van der Waals surface area contributed by atoms with Crippen molar-refractivity contribution in [1.82, 2.24) is 10.0 Å². The standard InChI is InChI=1S/C16H21N3O6S/c1-11(16(21)18-9-10-24-2)25-14(20)7-8-17-15-12-5-3-4-6-13(12)26(22,23)19-15/h3-6,11H,7-10H2,1-2H3,(H,17,19)(H,18,21)/t11-/m0/s1. The lowest BCUT2D eigenvalue weighted by Crippen LogP contribution is -2.37. The third-order valence-corrected chi connectivity index (χ3v) is 4.93. The van der Waals surface area contributed by atoms with Crippen LogP contribution in [0.25, 0.3) is 0 Å². The van der Waals surface area contributed by atoms with E-state index in [1.165, 1.54) is 20.1 Å². The summed E-state index contributed by atoms with van der Waals surface area (Å²) < 4.78 is 36.1. The minimum absolute atomic E-state index is 0.0308. The van der Waals surface area contributed by atoms with Gasteiger partial charge in [-0.3, -0.25) is 19.3 Å². The van der Waals surface area contributed by atoms with Crippen LogP contribution < -0.4 is 10.0 Å². The maximum atomic E-state index is 12.0. The van der Waals surface area contributed by atoms with Crippen molar-refractivity contribution < 1.29 is 27.5 Å². The Hall–Kier alpha value is -2.46. The summed E-state index contributed by atoms with van der Waals surface area (Å²) in [5, 5.41) is 2.56. The van der Waals surface area contributed by atoms with Gasteiger partial charge in [0, 0.05) is 19.2 Å². The van der Waals surface area contributed by atoms with E-state index in [1.807, 2.05) is 0 Å². The third-order valence-electron chi connectivity index (χ3n) is 3.53. The normalized spacial score (nSPS) is 17.2. The average Bonchev–Trinajstić information content (AvgIpc) is 2.86. The van der Waals surface area contributed by atoms with E-state index in [2.05, 4.69) is 15.0 Å². The number of esters is 1. The van der Waals surface area contributed by atoms with Crippen molar-refractivity contribution in [2.24, 2.45) is 4.99 Å². The Morgan fingerprint density at radius 3 is 2.77 bits per heavy atom. The van der Waals surface area contributed by atoms with E-state index < -0.39 is 28.0 Å². The number of sulfonamides is 1. The minimum atomic E-state index is -3.61. The molecule has 0 aromatic heterocycles. The molecule has 0 saturated heterocycles. The summed E-state index contributed by atoms with van der Waals surface area (Å²) in [7, 11) is -2.09. The van der Waals surface area contributed by atoms with Crippen molar-refractivity contribution in [3.63, 3.8) is 0 Å². The maximum absolute atomic E-state index is 12.0. The molecule has 0 saturated carbocycles. The van der Waals surface area contributed by atoms with Gasteiger partial charge in [-0.05, 0) is 19.1 Å². The second-order valence-electron chi connectivity index (χ2n) is 5.50. The van der Waals surface area contributed by atoms with Crippen molar-refractivity contribution >= 4 is 27.7 Å². The molecule has 0 bridgehead atoms. The van der Waals surface area contributed by atoms with E-state index >= 15 is 0 Å². The first-order valence-corrected chi connectivity index (χ1v) is 9.46. The fourth-order valence-electron chi connectivity index (χ4n) is 2.24. The predicted octanol–water partition coefficient (Wildman–Crippen LogP) is -0.190. The Labute approximate surface area is 151 Å². The molecule has 9 nitrogen and oxygen atoms in total. The van der Waals surface area contributed by atoms with E-state index in [0.29, 0.717) is 18.7 Å². The van der Waals surface area contributed by atoms with Gasteiger partial charge in [-0.25, -0.2) is 8.42 Å². The molecule has 1 heterocycles. The summed E-state index contributed by atoms with van der Waals surface area (Å²) in [5.74, 6) is -0.823. The monoisotopic (exact) mass is 383 g/mol. The highest BCUT2D eigenvalue weighted by atomic mass is 32.2. The van der Waals surface area contributed by atoms with Crippen LogP contribution in [0.3, 0.4) is 0 Å². The van der Waals surface area contributed by atoms with Crippen molar-refractivity contribution in [2.75, 3.05) is 26.8 Å². The highest BCUT2D eigenvalue weighted by molar-refractivity contribution is 7.90. The Morgan fingerprint density at radius 1 is 1.31 bits per heavy atom. The number of ether oxygens (including phenoxy) is 2. The lowest BCUT2D eigenvalue weighted by molar-refractivity contribution is -0.154. The van der Waals surface area contributed by atoms with Crippen LogP contribution in [0, 0.1) is 0 Å². The molecule has 1 aliphatic rings. The van der Waals surface area contributed by atoms with Crippen LogP contribution in [0.4, 0.5) is 0 Å². The summed E-state index contributed by atoms with van der Waals surface area (Å²) >= 11 is 0. The number of amides is 1. The molecule has 1 aromatic carbocycles. The van der Waals surface area contributed by atoms with E-state index in [4.69, 9.17) is 9.47 Å². The summed E-state index contributed by atoms with van der Waals surface area (Å²) in [6.45, 7) is 2.18. The fourth-order valence-corrected chi connectivity index (χ4v) is 3.49. The van der Waals surface area contributed by atoms with Crippen LogP contribution in [-0.4, -0.2) is 59.0 Å². The number of hydrogen-bond acceptors (Lipinski definition) is 7. The van der Waals surface area contributed by atoms with Gasteiger partial charge in [-0.2, -0.15) is 0 Å². The number of benzene rings is 1. The van der Waals surface area contributed by atoms with Crippen molar-refractivity contribution in [3.8, 4) is 0 Å². The smallest absolute Gasteiger partial charge is 0.308 e. The first kappa shape index (κ1) is 19.9. The second-order valence-corrected chi connectivity index (χ2v) is 7.15. The van der Waals surface area contributed by atoms with Crippen LogP contribution in [0.1, 0.15) is 18.9 Å². The Kier molecular flexibility index (Phi) is 6.70. The second kappa shape index (κ2) is 8.77. The van der Waals surface area contributed by atoms with Crippen LogP contribution >= 0.6 is 0 Å². The number of fused-ring (bicyclic) bond motifs is 1. The first-order chi connectivity index (χ1) is 12.3. The molecule has 10 heteroatoms. The highest BCUT2D eigenvalue weighted by Crippen LogP contribution is 2.22. The summed E-state index contributed by atoms with van der Waals surface area (Å²) in [4.78, 5) is 27.8. The van der Waals surface area contributed by atoms with Gasteiger partial charge < -0.3 is 14.8 Å². The van der Waals surface area contributed by atoms with Gasteiger partial charge in [0.2, 0.25) is 0 Å². The predicted molar refractivity (Wildman–Crippen MR) is 93.2 cm³/mol.